The zero-order valence-corrected chi connectivity index (χ0v) is 16.3. The molecule has 3 heterocycles. The molecule has 2 aromatic heterocycles. The first-order valence-electron chi connectivity index (χ1n) is 9.67. The Labute approximate surface area is 171 Å². The van der Waals surface area contributed by atoms with Crippen LogP contribution in [0.2, 0.25) is 0 Å². The molecular weight excluding hydrogens is 389 g/mol. The van der Waals surface area contributed by atoms with Gasteiger partial charge in [0.1, 0.15) is 17.8 Å². The molecule has 30 heavy (non-hydrogen) atoms. The minimum absolute atomic E-state index is 0.216. The zero-order valence-electron chi connectivity index (χ0n) is 16.3. The van der Waals surface area contributed by atoms with E-state index in [1.54, 1.807) is 30.2 Å². The maximum absolute atomic E-state index is 13.6. The molecule has 0 aliphatic carbocycles. The van der Waals surface area contributed by atoms with Crippen molar-refractivity contribution in [1.82, 2.24) is 19.9 Å². The number of likely N-dealkylation sites (tertiary alicyclic amines) is 1. The van der Waals surface area contributed by atoms with Crippen LogP contribution < -0.4 is 0 Å². The van der Waals surface area contributed by atoms with Gasteiger partial charge in [-0.25, -0.2) is 9.37 Å². The molecule has 1 unspecified atom stereocenters. The largest absolute Gasteiger partial charge is 0.340 e. The van der Waals surface area contributed by atoms with E-state index in [0.717, 1.165) is 19.0 Å². The van der Waals surface area contributed by atoms with Crippen LogP contribution >= 0.6 is 0 Å². The lowest BCUT2D eigenvalue weighted by atomic mass is 9.99. The number of H-pyrrole nitrogens is 1. The molecule has 1 atom stereocenters. The van der Waals surface area contributed by atoms with Gasteiger partial charge in [-0.15, -0.1) is 0 Å². The van der Waals surface area contributed by atoms with Crippen molar-refractivity contribution in [3.8, 4) is 11.3 Å². The second kappa shape index (κ2) is 8.02. The second-order valence-electron chi connectivity index (χ2n) is 7.29. The first-order valence-corrected chi connectivity index (χ1v) is 9.67. The van der Waals surface area contributed by atoms with Gasteiger partial charge in [0, 0.05) is 18.2 Å². The van der Waals surface area contributed by atoms with Gasteiger partial charge in [-0.3, -0.25) is 19.9 Å². The highest BCUT2D eigenvalue weighted by Gasteiger charge is 2.32. The standard InChI is InChI=1S/C21H20FN5O3/c1-13-17(10-16(11-23-13)27(29)30)21(28)26-8-3-2-7-19(26)20-24-12-18(25-20)14-5-4-6-15(22)9-14/h4-6,9-12,19H,2-3,7-8H2,1H3,(H,24,25). The number of amides is 1. The van der Waals surface area contributed by atoms with Crippen LogP contribution in [0.4, 0.5) is 10.1 Å². The number of aryl methyl sites for hydroxylation is 1. The number of halogens is 1. The van der Waals surface area contributed by atoms with E-state index >= 15 is 0 Å². The summed E-state index contributed by atoms with van der Waals surface area (Å²) in [6, 6.07) is 7.17. The number of carbonyl (C=O) groups is 1. The molecular formula is C21H20FN5O3. The molecule has 4 rings (SSSR count). The molecule has 1 aliphatic heterocycles. The van der Waals surface area contributed by atoms with E-state index in [2.05, 4.69) is 15.0 Å². The Hall–Kier alpha value is -3.62. The average Bonchev–Trinajstić information content (AvgIpc) is 3.23. The van der Waals surface area contributed by atoms with Crippen LogP contribution in [0.5, 0.6) is 0 Å². The summed E-state index contributed by atoms with van der Waals surface area (Å²) in [5, 5.41) is 11.1. The normalized spacial score (nSPS) is 16.5. The lowest BCUT2D eigenvalue weighted by Gasteiger charge is -2.34. The third-order valence-electron chi connectivity index (χ3n) is 5.32. The van der Waals surface area contributed by atoms with Crippen molar-refractivity contribution in [2.75, 3.05) is 6.54 Å². The van der Waals surface area contributed by atoms with Crippen LogP contribution in [-0.2, 0) is 0 Å². The molecule has 9 heteroatoms. The van der Waals surface area contributed by atoms with E-state index in [0.29, 0.717) is 35.7 Å². The van der Waals surface area contributed by atoms with Gasteiger partial charge in [-0.1, -0.05) is 12.1 Å². The summed E-state index contributed by atoms with van der Waals surface area (Å²) in [6.45, 7) is 2.17. The first-order chi connectivity index (χ1) is 14.4. The number of hydrogen-bond donors (Lipinski definition) is 1. The number of hydrogen-bond acceptors (Lipinski definition) is 5. The summed E-state index contributed by atoms with van der Waals surface area (Å²) >= 11 is 0. The molecule has 0 bridgehead atoms. The molecule has 1 fully saturated rings. The van der Waals surface area contributed by atoms with Gasteiger partial charge in [0.15, 0.2) is 0 Å². The monoisotopic (exact) mass is 409 g/mol. The van der Waals surface area contributed by atoms with Crippen molar-refractivity contribution in [2.45, 2.75) is 32.2 Å². The predicted molar refractivity (Wildman–Crippen MR) is 107 cm³/mol. The molecule has 1 amide bonds. The highest BCUT2D eigenvalue weighted by atomic mass is 19.1. The number of pyridine rings is 1. The fourth-order valence-electron chi connectivity index (χ4n) is 3.76. The van der Waals surface area contributed by atoms with Crippen molar-refractivity contribution in [3.05, 3.63) is 75.7 Å². The maximum atomic E-state index is 13.6. The van der Waals surface area contributed by atoms with Gasteiger partial charge in [-0.2, -0.15) is 0 Å². The smallest absolute Gasteiger partial charge is 0.288 e. The quantitative estimate of drug-likeness (QED) is 0.514. The number of imidazole rings is 1. The number of benzene rings is 1. The first kappa shape index (κ1) is 19.7. The molecule has 8 nitrogen and oxygen atoms in total. The average molecular weight is 409 g/mol. The SMILES string of the molecule is Cc1ncc([N+](=O)[O-])cc1C(=O)N1CCCCC1c1ncc(-c2cccc(F)c2)[nH]1. The summed E-state index contributed by atoms with van der Waals surface area (Å²) in [5.74, 6) is -0.0396. The molecule has 3 aromatic rings. The zero-order chi connectivity index (χ0) is 21.3. The third-order valence-corrected chi connectivity index (χ3v) is 5.32. The van der Waals surface area contributed by atoms with E-state index in [1.807, 2.05) is 0 Å². The van der Waals surface area contributed by atoms with Crippen molar-refractivity contribution in [3.63, 3.8) is 0 Å². The van der Waals surface area contributed by atoms with Crippen LogP contribution in [-0.4, -0.2) is 37.2 Å². The Balaban J connectivity index is 1.65. The van der Waals surface area contributed by atoms with Crippen LogP contribution in [0.1, 0.15) is 47.2 Å². The van der Waals surface area contributed by atoms with E-state index in [-0.39, 0.29) is 29.0 Å². The van der Waals surface area contributed by atoms with Crippen LogP contribution in [0, 0.1) is 22.9 Å². The molecule has 154 valence electrons. The Kier molecular flexibility index (Phi) is 5.26. The van der Waals surface area contributed by atoms with Gasteiger partial charge < -0.3 is 9.88 Å². The fourth-order valence-corrected chi connectivity index (χ4v) is 3.76. The summed E-state index contributed by atoms with van der Waals surface area (Å²) in [6.07, 6.45) is 5.25. The number of nitro groups is 1. The van der Waals surface area contributed by atoms with Gasteiger partial charge in [0.2, 0.25) is 0 Å². The number of rotatable bonds is 4. The van der Waals surface area contributed by atoms with Crippen LogP contribution in [0.3, 0.4) is 0 Å². The van der Waals surface area contributed by atoms with E-state index < -0.39 is 4.92 Å². The molecule has 0 saturated carbocycles. The molecule has 1 N–H and O–H groups in total. The Morgan fingerprint density at radius 1 is 1.27 bits per heavy atom. The Morgan fingerprint density at radius 3 is 2.87 bits per heavy atom. The minimum Gasteiger partial charge on any atom is -0.340 e. The van der Waals surface area contributed by atoms with Crippen molar-refractivity contribution in [2.24, 2.45) is 0 Å². The van der Waals surface area contributed by atoms with Crippen molar-refractivity contribution >= 4 is 11.6 Å². The van der Waals surface area contributed by atoms with E-state index in [9.17, 15) is 19.3 Å². The summed E-state index contributed by atoms with van der Waals surface area (Å²) < 4.78 is 13.6. The Morgan fingerprint density at radius 2 is 2.10 bits per heavy atom. The lowest BCUT2D eigenvalue weighted by molar-refractivity contribution is -0.385. The van der Waals surface area contributed by atoms with Gasteiger partial charge >= 0.3 is 0 Å². The number of piperidine rings is 1. The van der Waals surface area contributed by atoms with Gasteiger partial charge in [0.05, 0.1) is 34.1 Å². The highest BCUT2D eigenvalue weighted by Crippen LogP contribution is 2.32. The molecule has 1 saturated heterocycles. The molecule has 0 radical (unpaired) electrons. The number of carbonyl (C=O) groups excluding carboxylic acids is 1. The fraction of sp³-hybridized carbons (Fsp3) is 0.286. The highest BCUT2D eigenvalue weighted by molar-refractivity contribution is 5.96. The summed E-state index contributed by atoms with van der Waals surface area (Å²) in [4.78, 5) is 37.2. The summed E-state index contributed by atoms with van der Waals surface area (Å²) in [7, 11) is 0. The minimum atomic E-state index is -0.561. The number of aromatic amines is 1. The van der Waals surface area contributed by atoms with Crippen LogP contribution in [0.25, 0.3) is 11.3 Å². The number of nitrogens with zero attached hydrogens (tertiary/aromatic N) is 4. The molecule has 1 aliphatic rings. The van der Waals surface area contributed by atoms with Gasteiger partial charge in [0.25, 0.3) is 11.6 Å². The maximum Gasteiger partial charge on any atom is 0.288 e. The number of aromatic nitrogens is 3. The Bertz CT molecular complexity index is 1110. The summed E-state index contributed by atoms with van der Waals surface area (Å²) in [5.41, 5.74) is 1.77. The predicted octanol–water partition coefficient (Wildman–Crippen LogP) is 4.19. The van der Waals surface area contributed by atoms with Crippen LogP contribution in [0.15, 0.2) is 42.7 Å². The topological polar surface area (TPSA) is 105 Å². The molecule has 0 spiro atoms. The van der Waals surface area contributed by atoms with E-state index in [1.165, 1.54) is 18.2 Å². The van der Waals surface area contributed by atoms with Crippen molar-refractivity contribution < 1.29 is 14.1 Å². The molecule has 1 aromatic carbocycles. The lowest BCUT2D eigenvalue weighted by Crippen LogP contribution is -2.39. The van der Waals surface area contributed by atoms with Crippen molar-refractivity contribution in [1.29, 1.82) is 0 Å². The third kappa shape index (κ3) is 3.78. The van der Waals surface area contributed by atoms with Gasteiger partial charge in [-0.05, 0) is 38.3 Å². The van der Waals surface area contributed by atoms with E-state index in [4.69, 9.17) is 0 Å². The number of nitrogens with one attached hydrogen (secondary N) is 1. The second-order valence-corrected chi connectivity index (χ2v) is 7.29.